The van der Waals surface area contributed by atoms with E-state index in [1.807, 2.05) is 51.1 Å². The van der Waals surface area contributed by atoms with E-state index in [2.05, 4.69) is 64.3 Å². The van der Waals surface area contributed by atoms with Gasteiger partial charge in [0.2, 0.25) is 11.6 Å². The van der Waals surface area contributed by atoms with Gasteiger partial charge in [-0.15, -0.1) is 0 Å². The molecule has 2 aliphatic heterocycles. The molecule has 152 valence electrons. The molecule has 0 aliphatic carbocycles. The average Bonchev–Trinajstić information content (AvgIpc) is 2.80. The average molecular weight is 455 g/mol. The Bertz CT molecular complexity index is 1010. The van der Waals surface area contributed by atoms with Gasteiger partial charge in [-0.05, 0) is 76.6 Å². The largest absolute Gasteiger partial charge is 0.463 e. The number of carbonyl (C=O) groups is 1. The van der Waals surface area contributed by atoms with Crippen LogP contribution in [0, 0.1) is 0 Å². The van der Waals surface area contributed by atoms with Gasteiger partial charge < -0.3 is 15.0 Å². The standard InChI is InChI=1S/C24H27BrN2O2/c1-22(2,3)26-21(28)15-27-19-9-7-6-8-18(19)23(4,5)24(27)13-12-16-14-17(25)10-11-20(16)29-24/h6-14H,15H2,1-5H3,(H,26,28). The summed E-state index contributed by atoms with van der Waals surface area (Å²) in [6, 6.07) is 14.3. The minimum atomic E-state index is -0.785. The lowest BCUT2D eigenvalue weighted by Crippen LogP contribution is -2.61. The molecule has 1 atom stereocenters. The summed E-state index contributed by atoms with van der Waals surface area (Å²) in [5.74, 6) is 0.792. The van der Waals surface area contributed by atoms with Crippen LogP contribution in [-0.4, -0.2) is 23.7 Å². The number of nitrogens with zero attached hydrogens (tertiary/aromatic N) is 1. The molecule has 4 nitrogen and oxygen atoms in total. The number of fused-ring (bicyclic) bond motifs is 2. The van der Waals surface area contributed by atoms with Crippen molar-refractivity contribution in [3.8, 4) is 5.75 Å². The van der Waals surface area contributed by atoms with Crippen LogP contribution in [0.4, 0.5) is 5.69 Å². The molecule has 2 aliphatic rings. The number of halogens is 1. The number of anilines is 1. The smallest absolute Gasteiger partial charge is 0.240 e. The molecule has 29 heavy (non-hydrogen) atoms. The van der Waals surface area contributed by atoms with Crippen LogP contribution in [0.5, 0.6) is 5.75 Å². The summed E-state index contributed by atoms with van der Waals surface area (Å²) in [7, 11) is 0. The highest BCUT2D eigenvalue weighted by Gasteiger charge is 2.59. The first kappa shape index (κ1) is 20.0. The van der Waals surface area contributed by atoms with Gasteiger partial charge in [-0.3, -0.25) is 4.79 Å². The molecule has 1 N–H and O–H groups in total. The number of benzene rings is 2. The van der Waals surface area contributed by atoms with E-state index in [1.54, 1.807) is 0 Å². The molecule has 4 rings (SSSR count). The number of hydrogen-bond acceptors (Lipinski definition) is 3. The monoisotopic (exact) mass is 454 g/mol. The number of amides is 1. The normalized spacial score (nSPS) is 21.5. The maximum absolute atomic E-state index is 12.9. The van der Waals surface area contributed by atoms with Gasteiger partial charge in [0.1, 0.15) is 12.3 Å². The Morgan fingerprint density at radius 3 is 2.62 bits per heavy atom. The van der Waals surface area contributed by atoms with Crippen molar-refractivity contribution in [2.24, 2.45) is 0 Å². The Balaban J connectivity index is 1.81. The van der Waals surface area contributed by atoms with Gasteiger partial charge in [-0.2, -0.15) is 0 Å². The van der Waals surface area contributed by atoms with Crippen molar-refractivity contribution in [1.82, 2.24) is 5.32 Å². The van der Waals surface area contributed by atoms with Crippen molar-refractivity contribution in [1.29, 1.82) is 0 Å². The van der Waals surface area contributed by atoms with Crippen LogP contribution in [0.2, 0.25) is 0 Å². The Kier molecular flexibility index (Phi) is 4.57. The number of rotatable bonds is 2. The molecule has 2 aromatic rings. The Morgan fingerprint density at radius 1 is 1.17 bits per heavy atom. The molecule has 0 saturated heterocycles. The molecule has 1 unspecified atom stereocenters. The summed E-state index contributed by atoms with van der Waals surface area (Å²) < 4.78 is 7.73. The van der Waals surface area contributed by atoms with Crippen molar-refractivity contribution in [3.05, 3.63) is 64.1 Å². The minimum Gasteiger partial charge on any atom is -0.463 e. The molecule has 0 radical (unpaired) electrons. The number of hydrogen-bond donors (Lipinski definition) is 1. The lowest BCUT2D eigenvalue weighted by atomic mass is 9.76. The number of ether oxygens (including phenoxy) is 1. The minimum absolute atomic E-state index is 0.0250. The Hall–Kier alpha value is -2.27. The molecule has 0 fully saturated rings. The fourth-order valence-electron chi connectivity index (χ4n) is 4.38. The second kappa shape index (κ2) is 6.63. The summed E-state index contributed by atoms with van der Waals surface area (Å²) in [4.78, 5) is 15.0. The predicted molar refractivity (Wildman–Crippen MR) is 121 cm³/mol. The van der Waals surface area contributed by atoms with Gasteiger partial charge in [0, 0.05) is 21.3 Å². The van der Waals surface area contributed by atoms with Gasteiger partial charge in [-0.1, -0.05) is 34.1 Å². The zero-order chi connectivity index (χ0) is 21.0. The van der Waals surface area contributed by atoms with E-state index in [0.717, 1.165) is 21.5 Å². The first-order chi connectivity index (χ1) is 13.5. The summed E-state index contributed by atoms with van der Waals surface area (Å²) in [5.41, 5.74) is 1.80. The van der Waals surface area contributed by atoms with Crippen LogP contribution in [0.3, 0.4) is 0 Å². The highest BCUT2D eigenvalue weighted by atomic mass is 79.9. The zero-order valence-electron chi connectivity index (χ0n) is 17.5. The summed E-state index contributed by atoms with van der Waals surface area (Å²) in [6.45, 7) is 10.6. The zero-order valence-corrected chi connectivity index (χ0v) is 19.1. The van der Waals surface area contributed by atoms with E-state index >= 15 is 0 Å². The first-order valence-electron chi connectivity index (χ1n) is 9.89. The van der Waals surface area contributed by atoms with Crippen molar-refractivity contribution in [3.63, 3.8) is 0 Å². The third-order valence-electron chi connectivity index (χ3n) is 5.71. The Labute approximate surface area is 181 Å². The van der Waals surface area contributed by atoms with Gasteiger partial charge in [0.15, 0.2) is 0 Å². The van der Waals surface area contributed by atoms with Gasteiger partial charge >= 0.3 is 0 Å². The third kappa shape index (κ3) is 3.25. The SMILES string of the molecule is CC(C)(C)NC(=O)CN1c2ccccc2C(C)(C)C12C=Cc1cc(Br)ccc1O2. The van der Waals surface area contributed by atoms with E-state index in [1.165, 1.54) is 5.56 Å². The molecule has 2 aromatic carbocycles. The summed E-state index contributed by atoms with van der Waals surface area (Å²) in [6.07, 6.45) is 4.21. The third-order valence-corrected chi connectivity index (χ3v) is 6.20. The number of para-hydroxylation sites is 1. The second-order valence-corrected chi connectivity index (χ2v) is 10.3. The highest BCUT2D eigenvalue weighted by Crippen LogP contribution is 2.54. The van der Waals surface area contributed by atoms with Crippen LogP contribution in [0.1, 0.15) is 45.7 Å². The van der Waals surface area contributed by atoms with E-state index in [-0.39, 0.29) is 23.4 Å². The number of nitrogens with one attached hydrogen (secondary N) is 1. The summed E-state index contributed by atoms with van der Waals surface area (Å²) in [5, 5.41) is 3.09. The van der Waals surface area contributed by atoms with Crippen LogP contribution in [0.15, 0.2) is 53.0 Å². The van der Waals surface area contributed by atoms with Crippen molar-refractivity contribution in [2.45, 2.75) is 51.3 Å². The fourth-order valence-corrected chi connectivity index (χ4v) is 4.76. The van der Waals surface area contributed by atoms with E-state index in [0.29, 0.717) is 0 Å². The molecular formula is C24H27BrN2O2. The van der Waals surface area contributed by atoms with Crippen LogP contribution < -0.4 is 15.0 Å². The van der Waals surface area contributed by atoms with Crippen molar-refractivity contribution in [2.75, 3.05) is 11.4 Å². The maximum atomic E-state index is 12.9. The van der Waals surface area contributed by atoms with Crippen molar-refractivity contribution >= 4 is 33.6 Å². The lowest BCUT2D eigenvalue weighted by molar-refractivity contribution is -0.121. The molecule has 1 amide bonds. The molecule has 2 heterocycles. The molecule has 5 heteroatoms. The van der Waals surface area contributed by atoms with Crippen LogP contribution in [-0.2, 0) is 10.2 Å². The highest BCUT2D eigenvalue weighted by molar-refractivity contribution is 9.10. The predicted octanol–water partition coefficient (Wildman–Crippen LogP) is 5.26. The van der Waals surface area contributed by atoms with Gasteiger partial charge in [0.25, 0.3) is 0 Å². The Morgan fingerprint density at radius 2 is 1.90 bits per heavy atom. The molecular weight excluding hydrogens is 428 g/mol. The molecule has 0 aromatic heterocycles. The maximum Gasteiger partial charge on any atom is 0.240 e. The van der Waals surface area contributed by atoms with Crippen LogP contribution in [0.25, 0.3) is 6.08 Å². The van der Waals surface area contributed by atoms with E-state index < -0.39 is 5.72 Å². The number of carbonyl (C=O) groups excluding carboxylic acids is 1. The fraction of sp³-hybridized carbons (Fsp3) is 0.375. The topological polar surface area (TPSA) is 41.6 Å². The molecule has 0 saturated carbocycles. The quantitative estimate of drug-likeness (QED) is 0.672. The lowest BCUT2D eigenvalue weighted by Gasteiger charge is -2.47. The van der Waals surface area contributed by atoms with Crippen LogP contribution >= 0.6 is 15.9 Å². The van der Waals surface area contributed by atoms with Gasteiger partial charge in [-0.25, -0.2) is 0 Å². The van der Waals surface area contributed by atoms with Crippen molar-refractivity contribution < 1.29 is 9.53 Å². The second-order valence-electron chi connectivity index (χ2n) is 9.34. The molecule has 1 spiro atoms. The molecule has 0 bridgehead atoms. The van der Waals surface area contributed by atoms with Gasteiger partial charge in [0.05, 0.1) is 5.41 Å². The first-order valence-corrected chi connectivity index (χ1v) is 10.7. The van der Waals surface area contributed by atoms with E-state index in [4.69, 9.17) is 4.74 Å². The summed E-state index contributed by atoms with van der Waals surface area (Å²) >= 11 is 3.53. The van der Waals surface area contributed by atoms with E-state index in [9.17, 15) is 4.79 Å².